The molecule has 4 rings (SSSR count). The predicted octanol–water partition coefficient (Wildman–Crippen LogP) is 2.38. The van der Waals surface area contributed by atoms with Crippen LogP contribution in [0.2, 0.25) is 0 Å². The van der Waals surface area contributed by atoms with E-state index in [0.717, 1.165) is 0 Å². The van der Waals surface area contributed by atoms with E-state index in [4.69, 9.17) is 9.47 Å². The Hall–Kier alpha value is -3.20. The van der Waals surface area contributed by atoms with Gasteiger partial charge in [-0.15, -0.1) is 0 Å². The van der Waals surface area contributed by atoms with Crippen LogP contribution in [0.5, 0.6) is 5.88 Å². The van der Waals surface area contributed by atoms with E-state index in [1.807, 2.05) is 0 Å². The normalized spacial score (nSPS) is 18.9. The first-order valence-corrected chi connectivity index (χ1v) is 9.90. The van der Waals surface area contributed by atoms with Crippen LogP contribution in [0, 0.1) is 5.82 Å². The Morgan fingerprint density at radius 2 is 1.87 bits per heavy atom. The number of urea groups is 1. The monoisotopic (exact) mass is 414 g/mol. The van der Waals surface area contributed by atoms with E-state index in [-0.39, 0.29) is 29.7 Å². The highest BCUT2D eigenvalue weighted by molar-refractivity contribution is 5.96. The van der Waals surface area contributed by atoms with Crippen LogP contribution in [0.15, 0.2) is 42.6 Å². The first-order valence-electron chi connectivity index (χ1n) is 9.90. The first kappa shape index (κ1) is 20.1. The van der Waals surface area contributed by atoms with E-state index in [9.17, 15) is 14.0 Å². The van der Waals surface area contributed by atoms with Gasteiger partial charge >= 0.3 is 6.03 Å². The maximum absolute atomic E-state index is 13.0. The molecule has 30 heavy (non-hydrogen) atoms. The number of likely N-dealkylation sites (tertiary alicyclic amines) is 1. The lowest BCUT2D eigenvalue weighted by Crippen LogP contribution is -2.41. The Balaban J connectivity index is 1.37. The molecule has 2 saturated heterocycles. The molecule has 1 aromatic carbocycles. The molecule has 9 heteroatoms. The summed E-state index contributed by atoms with van der Waals surface area (Å²) in [5, 5.41) is 2.74. The topological polar surface area (TPSA) is 84.0 Å². The maximum atomic E-state index is 13.0. The molecule has 0 spiro atoms. The number of rotatable bonds is 4. The Morgan fingerprint density at radius 1 is 1.10 bits per heavy atom. The summed E-state index contributed by atoms with van der Waals surface area (Å²) in [6.45, 7) is 2.99. The molecule has 0 saturated carbocycles. The fraction of sp³-hybridized carbons (Fsp3) is 0.381. The lowest BCUT2D eigenvalue weighted by atomic mass is 10.2. The van der Waals surface area contributed by atoms with Gasteiger partial charge in [-0.25, -0.2) is 14.2 Å². The van der Waals surface area contributed by atoms with Gasteiger partial charge in [0.1, 0.15) is 17.5 Å². The number of halogens is 1. The van der Waals surface area contributed by atoms with Crippen molar-refractivity contribution in [2.45, 2.75) is 12.5 Å². The number of carbonyl (C=O) groups excluding carboxylic acids is 2. The summed E-state index contributed by atoms with van der Waals surface area (Å²) >= 11 is 0. The minimum Gasteiger partial charge on any atom is -0.472 e. The number of ether oxygens (including phenoxy) is 2. The zero-order chi connectivity index (χ0) is 20.9. The highest BCUT2D eigenvalue weighted by atomic mass is 19.1. The molecule has 2 aromatic rings. The minimum atomic E-state index is -0.361. The van der Waals surface area contributed by atoms with Gasteiger partial charge in [-0.3, -0.25) is 4.79 Å². The molecular formula is C21H23FN4O4. The quantitative estimate of drug-likeness (QED) is 0.831. The molecule has 158 valence electrons. The maximum Gasteiger partial charge on any atom is 0.321 e. The summed E-state index contributed by atoms with van der Waals surface area (Å²) in [6, 6.07) is 8.73. The van der Waals surface area contributed by atoms with Crippen molar-refractivity contribution in [3.63, 3.8) is 0 Å². The molecule has 1 unspecified atom stereocenters. The van der Waals surface area contributed by atoms with Crippen LogP contribution < -0.4 is 10.1 Å². The second kappa shape index (κ2) is 9.08. The van der Waals surface area contributed by atoms with Gasteiger partial charge in [0.25, 0.3) is 5.91 Å². The number of morpholine rings is 1. The van der Waals surface area contributed by atoms with Crippen molar-refractivity contribution in [1.82, 2.24) is 14.8 Å². The third-order valence-corrected chi connectivity index (χ3v) is 5.11. The van der Waals surface area contributed by atoms with Gasteiger partial charge in [0.15, 0.2) is 0 Å². The van der Waals surface area contributed by atoms with E-state index in [2.05, 4.69) is 10.3 Å². The fourth-order valence-corrected chi connectivity index (χ4v) is 3.49. The molecule has 3 amide bonds. The number of hydrogen-bond donors (Lipinski definition) is 1. The zero-order valence-corrected chi connectivity index (χ0v) is 16.4. The van der Waals surface area contributed by atoms with Crippen LogP contribution in [0.1, 0.15) is 16.8 Å². The highest BCUT2D eigenvalue weighted by Gasteiger charge is 2.30. The molecule has 1 N–H and O–H groups in total. The molecule has 0 bridgehead atoms. The molecule has 0 radical (unpaired) electrons. The second-order valence-corrected chi connectivity index (χ2v) is 7.17. The van der Waals surface area contributed by atoms with Crippen molar-refractivity contribution in [2.24, 2.45) is 0 Å². The largest absolute Gasteiger partial charge is 0.472 e. The summed E-state index contributed by atoms with van der Waals surface area (Å²) in [4.78, 5) is 32.9. The fourth-order valence-electron chi connectivity index (χ4n) is 3.49. The molecule has 1 aromatic heterocycles. The van der Waals surface area contributed by atoms with Crippen molar-refractivity contribution in [3.8, 4) is 5.88 Å². The van der Waals surface area contributed by atoms with E-state index < -0.39 is 0 Å². The van der Waals surface area contributed by atoms with Crippen LogP contribution in [0.25, 0.3) is 0 Å². The molecule has 2 fully saturated rings. The van der Waals surface area contributed by atoms with Crippen molar-refractivity contribution in [2.75, 3.05) is 44.7 Å². The summed E-state index contributed by atoms with van der Waals surface area (Å²) in [7, 11) is 0. The number of hydrogen-bond acceptors (Lipinski definition) is 5. The second-order valence-electron chi connectivity index (χ2n) is 7.17. The number of carbonyl (C=O) groups is 2. The molecule has 2 aliphatic rings. The van der Waals surface area contributed by atoms with Gasteiger partial charge < -0.3 is 24.6 Å². The molecule has 0 aliphatic carbocycles. The summed E-state index contributed by atoms with van der Waals surface area (Å²) in [5.41, 5.74) is 0.933. The molecule has 8 nitrogen and oxygen atoms in total. The van der Waals surface area contributed by atoms with Gasteiger partial charge in [0, 0.05) is 37.9 Å². The van der Waals surface area contributed by atoms with E-state index in [1.165, 1.54) is 24.3 Å². The zero-order valence-electron chi connectivity index (χ0n) is 16.4. The Morgan fingerprint density at radius 3 is 2.63 bits per heavy atom. The number of nitrogens with one attached hydrogen (secondary N) is 1. The summed E-state index contributed by atoms with van der Waals surface area (Å²) in [6.07, 6.45) is 1.94. The molecule has 2 aliphatic heterocycles. The van der Waals surface area contributed by atoms with Gasteiger partial charge in [0.05, 0.1) is 19.8 Å². The summed E-state index contributed by atoms with van der Waals surface area (Å²) < 4.78 is 24.3. The Labute approximate surface area is 173 Å². The SMILES string of the molecule is O=C(Nc1ccc(F)cc1)N1CCC(Oc2ncccc2C(=O)N2CCOCC2)C1. The lowest BCUT2D eigenvalue weighted by molar-refractivity contribution is 0.0298. The van der Waals surface area contributed by atoms with E-state index in [1.54, 1.807) is 28.1 Å². The third-order valence-electron chi connectivity index (χ3n) is 5.11. The van der Waals surface area contributed by atoms with Crippen molar-refractivity contribution in [1.29, 1.82) is 0 Å². The van der Waals surface area contributed by atoms with Crippen LogP contribution in [0.3, 0.4) is 0 Å². The Kier molecular flexibility index (Phi) is 6.08. The first-order chi connectivity index (χ1) is 14.6. The highest BCUT2D eigenvalue weighted by Crippen LogP contribution is 2.23. The number of aromatic nitrogens is 1. The third kappa shape index (κ3) is 4.68. The molecular weight excluding hydrogens is 391 g/mol. The minimum absolute atomic E-state index is 0.134. The number of anilines is 1. The molecule has 1 atom stereocenters. The average Bonchev–Trinajstić information content (AvgIpc) is 3.24. The number of benzene rings is 1. The Bertz CT molecular complexity index is 902. The van der Waals surface area contributed by atoms with Crippen molar-refractivity contribution in [3.05, 3.63) is 54.0 Å². The number of pyridine rings is 1. The summed E-state index contributed by atoms with van der Waals surface area (Å²) in [5.74, 6) is -0.217. The van der Waals surface area contributed by atoms with Crippen molar-refractivity contribution >= 4 is 17.6 Å². The van der Waals surface area contributed by atoms with E-state index in [0.29, 0.717) is 57.1 Å². The van der Waals surface area contributed by atoms with Crippen LogP contribution in [0.4, 0.5) is 14.9 Å². The number of amides is 3. The average molecular weight is 414 g/mol. The van der Waals surface area contributed by atoms with Crippen LogP contribution >= 0.6 is 0 Å². The van der Waals surface area contributed by atoms with Gasteiger partial charge in [0.2, 0.25) is 5.88 Å². The van der Waals surface area contributed by atoms with E-state index >= 15 is 0 Å². The lowest BCUT2D eigenvalue weighted by Gasteiger charge is -2.27. The van der Waals surface area contributed by atoms with Gasteiger partial charge in [-0.1, -0.05) is 0 Å². The van der Waals surface area contributed by atoms with Crippen LogP contribution in [-0.2, 0) is 4.74 Å². The number of nitrogens with zero attached hydrogens (tertiary/aromatic N) is 3. The smallest absolute Gasteiger partial charge is 0.321 e. The van der Waals surface area contributed by atoms with Gasteiger partial charge in [-0.05, 0) is 36.4 Å². The van der Waals surface area contributed by atoms with Crippen LogP contribution in [-0.4, -0.2) is 72.2 Å². The predicted molar refractivity (Wildman–Crippen MR) is 107 cm³/mol. The standard InChI is InChI=1S/C21H23FN4O4/c22-15-3-5-16(6-4-15)24-21(28)26-9-7-17(14-26)30-19-18(2-1-8-23-19)20(27)25-10-12-29-13-11-25/h1-6,8,17H,7,9-14H2,(H,24,28). The van der Waals surface area contributed by atoms with Gasteiger partial charge in [-0.2, -0.15) is 0 Å². The molecule has 3 heterocycles. The van der Waals surface area contributed by atoms with Crippen molar-refractivity contribution < 1.29 is 23.5 Å².